The van der Waals surface area contributed by atoms with Crippen LogP contribution in [0.25, 0.3) is 66.7 Å². The molecule has 0 saturated heterocycles. The summed E-state index contributed by atoms with van der Waals surface area (Å²) in [6, 6.07) is 33.0. The number of fused-ring (bicyclic) bond motifs is 6. The number of hydrogen-bond donors (Lipinski definition) is 0. The van der Waals surface area contributed by atoms with Crippen molar-refractivity contribution in [2.75, 3.05) is 0 Å². The summed E-state index contributed by atoms with van der Waals surface area (Å²) in [7, 11) is 2.03. The molecular weight excluding hydrogens is 843 g/mol. The summed E-state index contributed by atoms with van der Waals surface area (Å²) in [6.45, 7) is 6.58. The van der Waals surface area contributed by atoms with Gasteiger partial charge >= 0.3 is 126 Å². The molecule has 0 bridgehead atoms. The second-order valence-electron chi connectivity index (χ2n) is 13.9. The third kappa shape index (κ3) is 6.85. The monoisotopic (exact) mass is 884 g/mol. The fourth-order valence-electron chi connectivity index (χ4n) is 6.46. The van der Waals surface area contributed by atoms with Crippen LogP contribution in [0.5, 0.6) is 0 Å². The maximum Gasteiger partial charge on any atom is 0.216 e. The number of benzene rings is 3. The minimum atomic E-state index is -1.86. The third-order valence-corrected chi connectivity index (χ3v) is 13.0. The van der Waals surface area contributed by atoms with Gasteiger partial charge in [-0.2, -0.15) is 0 Å². The first-order valence-corrected chi connectivity index (χ1v) is 23.8. The van der Waals surface area contributed by atoms with Crippen molar-refractivity contribution in [3.63, 3.8) is 0 Å². The second kappa shape index (κ2) is 14.0. The molecule has 6 nitrogen and oxygen atoms in total. The molecule has 0 spiro atoms. The second-order valence-corrected chi connectivity index (χ2v) is 24.4. The van der Waals surface area contributed by atoms with E-state index in [9.17, 15) is 0 Å². The Morgan fingerprint density at radius 3 is 2.41 bits per heavy atom. The van der Waals surface area contributed by atoms with Gasteiger partial charge in [-0.1, -0.05) is 10.9 Å². The molecule has 1 radical (unpaired) electrons. The van der Waals surface area contributed by atoms with E-state index in [-0.39, 0.29) is 20.1 Å². The van der Waals surface area contributed by atoms with Gasteiger partial charge in [-0.15, -0.1) is 18.2 Å². The predicted molar refractivity (Wildman–Crippen MR) is 200 cm³/mol. The van der Waals surface area contributed by atoms with Crippen LogP contribution in [0, 0.1) is 25.0 Å². The number of imidazole rings is 1. The van der Waals surface area contributed by atoms with Gasteiger partial charge in [0.1, 0.15) is 0 Å². The largest absolute Gasteiger partial charge is 0.486 e. The number of aromatic nitrogens is 5. The zero-order valence-electron chi connectivity index (χ0n) is 28.9. The summed E-state index contributed by atoms with van der Waals surface area (Å²) in [6.07, 6.45) is 5.01. The summed E-state index contributed by atoms with van der Waals surface area (Å²) in [5, 5.41) is 3.10. The number of aryl methyl sites for hydroxylation is 2. The fourth-order valence-corrected chi connectivity index (χ4v) is 9.80. The van der Waals surface area contributed by atoms with E-state index in [1.54, 1.807) is 10.6 Å². The molecule has 0 saturated carbocycles. The average Bonchev–Trinajstić information content (AvgIpc) is 3.62. The van der Waals surface area contributed by atoms with Crippen molar-refractivity contribution in [1.29, 1.82) is 0 Å². The van der Waals surface area contributed by atoms with Crippen molar-refractivity contribution >= 4 is 61.7 Å². The Kier molecular flexibility index (Phi) is 9.90. The van der Waals surface area contributed by atoms with Gasteiger partial charge < -0.3 is 8.98 Å². The quantitative estimate of drug-likeness (QED) is 0.127. The van der Waals surface area contributed by atoms with Gasteiger partial charge in [0.2, 0.25) is 5.71 Å². The molecule has 5 heterocycles. The van der Waals surface area contributed by atoms with Crippen molar-refractivity contribution in [3.05, 3.63) is 115 Å². The zero-order valence-corrected chi connectivity index (χ0v) is 33.4. The maximum atomic E-state index is 6.08. The Balaban J connectivity index is 0.000000177. The molecule has 0 N–H and O–H groups in total. The van der Waals surface area contributed by atoms with E-state index in [2.05, 4.69) is 82.2 Å². The molecule has 49 heavy (non-hydrogen) atoms. The summed E-state index contributed by atoms with van der Waals surface area (Å²) < 4.78 is 9.72. The van der Waals surface area contributed by atoms with Gasteiger partial charge in [0, 0.05) is 49.8 Å². The van der Waals surface area contributed by atoms with E-state index in [4.69, 9.17) is 14.4 Å². The first-order chi connectivity index (χ1) is 23.1. The molecule has 0 atom stereocenters. The van der Waals surface area contributed by atoms with E-state index in [1.807, 2.05) is 74.6 Å². The molecular formula is C41H39GeIrN5O-2. The van der Waals surface area contributed by atoms with E-state index >= 15 is 0 Å². The normalized spacial score (nSPS) is 11.7. The first kappa shape index (κ1) is 34.7. The predicted octanol–water partition coefficient (Wildman–Crippen LogP) is 9.48. The Morgan fingerprint density at radius 2 is 1.65 bits per heavy atom. The van der Waals surface area contributed by atoms with Gasteiger partial charge in [-0.3, -0.25) is 9.97 Å². The summed E-state index contributed by atoms with van der Waals surface area (Å²) in [5.41, 5.74) is 9.81. The number of hydrogen-bond acceptors (Lipinski definition) is 5. The van der Waals surface area contributed by atoms with Crippen LogP contribution in [-0.4, -0.2) is 37.8 Å². The van der Waals surface area contributed by atoms with Crippen LogP contribution in [0.4, 0.5) is 0 Å². The van der Waals surface area contributed by atoms with Crippen molar-refractivity contribution in [1.82, 2.24) is 24.5 Å². The van der Waals surface area contributed by atoms with Crippen LogP contribution in [-0.2, 0) is 33.6 Å². The van der Waals surface area contributed by atoms with Crippen molar-refractivity contribution in [2.24, 2.45) is 13.0 Å². The van der Waals surface area contributed by atoms with Crippen LogP contribution in [0.15, 0.2) is 95.7 Å². The van der Waals surface area contributed by atoms with Gasteiger partial charge in [-0.25, -0.2) is 4.98 Å². The van der Waals surface area contributed by atoms with E-state index < -0.39 is 13.3 Å². The van der Waals surface area contributed by atoms with E-state index in [0.717, 1.165) is 73.1 Å². The Bertz CT molecular complexity index is 2430. The smallest absolute Gasteiger partial charge is 0.216 e. The third-order valence-electron chi connectivity index (χ3n) is 8.68. The fraction of sp³-hybridized carbons (Fsp3) is 0.220. The molecule has 0 unspecified atom stereocenters. The molecule has 0 amide bonds. The summed E-state index contributed by atoms with van der Waals surface area (Å²) in [5.74, 6) is 8.81. The van der Waals surface area contributed by atoms with Crippen LogP contribution in [0.3, 0.4) is 0 Å². The van der Waals surface area contributed by atoms with Crippen LogP contribution >= 0.6 is 0 Å². The molecule has 0 fully saturated rings. The minimum absolute atomic E-state index is 0. The molecule has 0 aliphatic carbocycles. The minimum Gasteiger partial charge on any atom is -0.486 e. The Morgan fingerprint density at radius 1 is 0.837 bits per heavy atom. The Hall–Kier alpha value is -4.17. The van der Waals surface area contributed by atoms with Crippen LogP contribution in [0.1, 0.15) is 25.1 Å². The van der Waals surface area contributed by atoms with Crippen LogP contribution in [0.2, 0.25) is 17.3 Å². The van der Waals surface area contributed by atoms with Crippen molar-refractivity contribution in [3.8, 4) is 22.6 Å². The van der Waals surface area contributed by atoms with Gasteiger partial charge in [0.15, 0.2) is 0 Å². The van der Waals surface area contributed by atoms with Gasteiger partial charge in [0.05, 0.1) is 28.0 Å². The molecule has 5 aromatic heterocycles. The molecule has 8 rings (SSSR count). The maximum absolute atomic E-state index is 6.08. The molecule has 0 aliphatic rings. The van der Waals surface area contributed by atoms with Gasteiger partial charge in [-0.05, 0) is 43.3 Å². The molecule has 0 aliphatic heterocycles. The molecule has 3 aromatic carbocycles. The summed E-state index contributed by atoms with van der Waals surface area (Å²) in [4.78, 5) is 18.6. The van der Waals surface area contributed by atoms with Crippen molar-refractivity contribution < 1.29 is 24.5 Å². The average molecular weight is 883 g/mol. The van der Waals surface area contributed by atoms with E-state index in [0.29, 0.717) is 11.6 Å². The number of pyridine rings is 3. The van der Waals surface area contributed by atoms with Crippen LogP contribution < -0.4 is 4.40 Å². The zero-order chi connectivity index (χ0) is 33.6. The molecule has 249 valence electrons. The number of rotatable bonds is 5. The van der Waals surface area contributed by atoms with Crippen molar-refractivity contribution in [2.45, 2.75) is 44.5 Å². The standard InChI is InChI=1S/C23H15N4O.C18H24GeN.Ir/c1-13-8-9-16-18(25-13)10-11-19-20(16)27(2)22(26-19)17-6-3-5-14-15-7-4-12-24-23(15)28-21(14)17;1-14(2)11-16-12-18(15-9-7-6-8-10-15)20-13-17(16)19(3,4)5;/h3-5,7-12H,1-2H3;6-9,12-14H,11H2,1-5H3;/q2*-1;. The first-order valence-electron chi connectivity index (χ1n) is 16.5. The topological polar surface area (TPSA) is 69.6 Å². The SMILES string of the molecule is CC(C)Cc1cc(-c2[c-]cccc2)nc[c]1[Ge]([CH3])([CH3])[CH3].Cc1ccc2c(ccc3nc(-c4[c-]ccc5c4oc4ncccc45)n(C)c32)n1.[Ir]. The Labute approximate surface area is 303 Å². The van der Waals surface area contributed by atoms with E-state index in [1.165, 1.54) is 5.56 Å². The molecule has 8 aromatic rings. The van der Waals surface area contributed by atoms with Gasteiger partial charge in [0.25, 0.3) is 0 Å². The number of furan rings is 1. The molecule has 8 heteroatoms. The number of nitrogens with zero attached hydrogens (tertiary/aromatic N) is 5. The summed E-state index contributed by atoms with van der Waals surface area (Å²) >= 11 is -1.86.